The molecule has 0 aliphatic rings. The molecule has 2 rings (SSSR count). The number of para-hydroxylation sites is 1. The van der Waals surface area contributed by atoms with Crippen LogP contribution in [-0.2, 0) is 0 Å². The van der Waals surface area contributed by atoms with Crippen molar-refractivity contribution < 1.29 is 4.74 Å². The van der Waals surface area contributed by atoms with Gasteiger partial charge in [-0.05, 0) is 19.1 Å². The van der Waals surface area contributed by atoms with Crippen LogP contribution in [0.5, 0.6) is 5.75 Å². The summed E-state index contributed by atoms with van der Waals surface area (Å²) in [5, 5.41) is 3.99. The highest BCUT2D eigenvalue weighted by Gasteiger charge is 2.12. The van der Waals surface area contributed by atoms with E-state index in [-0.39, 0.29) is 0 Å². The number of benzene rings is 1. The number of methoxy groups -OCH3 is 1. The van der Waals surface area contributed by atoms with Crippen LogP contribution >= 0.6 is 11.3 Å². The third-order valence-electron chi connectivity index (χ3n) is 2.37. The predicted molar refractivity (Wildman–Crippen MR) is 68.4 cm³/mol. The molecule has 0 bridgehead atoms. The first-order valence-electron chi connectivity index (χ1n) is 5.05. The lowest BCUT2D eigenvalue weighted by Gasteiger charge is -2.06. The highest BCUT2D eigenvalue weighted by atomic mass is 32.1. The minimum absolute atomic E-state index is 0.860. The zero-order valence-electron chi connectivity index (χ0n) is 9.57. The van der Waals surface area contributed by atoms with Crippen LogP contribution in [0.1, 0.15) is 4.88 Å². The summed E-state index contributed by atoms with van der Waals surface area (Å²) in [7, 11) is 3.56. The Morgan fingerprint density at radius 1 is 1.31 bits per heavy atom. The predicted octanol–water partition coefficient (Wildman–Crippen LogP) is 3.17. The van der Waals surface area contributed by atoms with Gasteiger partial charge in [-0.15, -0.1) is 11.3 Å². The van der Waals surface area contributed by atoms with E-state index < -0.39 is 0 Å². The first kappa shape index (κ1) is 11.0. The molecule has 1 heterocycles. The highest BCUT2D eigenvalue weighted by molar-refractivity contribution is 7.15. The zero-order chi connectivity index (χ0) is 11.5. The SMILES string of the molecule is CNc1nc(-c2ccccc2OC)c(C)s1. The fourth-order valence-electron chi connectivity index (χ4n) is 1.59. The molecule has 0 radical (unpaired) electrons. The lowest BCUT2D eigenvalue weighted by molar-refractivity contribution is 0.416. The Balaban J connectivity index is 2.53. The van der Waals surface area contributed by atoms with Crippen molar-refractivity contribution in [2.75, 3.05) is 19.5 Å². The molecule has 0 aliphatic heterocycles. The molecule has 2 aromatic rings. The molecule has 0 saturated carbocycles. The number of thiazole rings is 1. The van der Waals surface area contributed by atoms with Crippen LogP contribution in [-0.4, -0.2) is 19.1 Å². The maximum Gasteiger partial charge on any atom is 0.183 e. The smallest absolute Gasteiger partial charge is 0.183 e. The molecule has 1 N–H and O–H groups in total. The first-order chi connectivity index (χ1) is 7.76. The number of nitrogens with zero attached hydrogens (tertiary/aromatic N) is 1. The molecule has 0 fully saturated rings. The van der Waals surface area contributed by atoms with Gasteiger partial charge in [-0.25, -0.2) is 4.98 Å². The quantitative estimate of drug-likeness (QED) is 0.885. The van der Waals surface area contributed by atoms with Crippen molar-refractivity contribution in [1.82, 2.24) is 4.98 Å². The maximum absolute atomic E-state index is 5.34. The number of aryl methyl sites for hydroxylation is 1. The van der Waals surface area contributed by atoms with Gasteiger partial charge in [-0.2, -0.15) is 0 Å². The van der Waals surface area contributed by atoms with Crippen molar-refractivity contribution in [3.05, 3.63) is 29.1 Å². The van der Waals surface area contributed by atoms with Crippen molar-refractivity contribution in [3.8, 4) is 17.0 Å². The topological polar surface area (TPSA) is 34.2 Å². The lowest BCUT2D eigenvalue weighted by Crippen LogP contribution is -1.90. The zero-order valence-corrected chi connectivity index (χ0v) is 10.4. The molecule has 0 spiro atoms. The van der Waals surface area contributed by atoms with E-state index >= 15 is 0 Å². The van der Waals surface area contributed by atoms with Gasteiger partial charge in [0.15, 0.2) is 5.13 Å². The number of ether oxygens (including phenoxy) is 1. The van der Waals surface area contributed by atoms with Crippen molar-refractivity contribution in [2.45, 2.75) is 6.92 Å². The van der Waals surface area contributed by atoms with E-state index in [0.29, 0.717) is 0 Å². The summed E-state index contributed by atoms with van der Waals surface area (Å²) in [6.45, 7) is 2.07. The van der Waals surface area contributed by atoms with Crippen LogP contribution in [0.25, 0.3) is 11.3 Å². The molecule has 1 aromatic heterocycles. The lowest BCUT2D eigenvalue weighted by atomic mass is 10.1. The van der Waals surface area contributed by atoms with Crippen LogP contribution in [0.15, 0.2) is 24.3 Å². The first-order valence-corrected chi connectivity index (χ1v) is 5.86. The molecule has 0 aliphatic carbocycles. The van der Waals surface area contributed by atoms with E-state index in [1.54, 1.807) is 18.4 Å². The minimum Gasteiger partial charge on any atom is -0.496 e. The van der Waals surface area contributed by atoms with Gasteiger partial charge < -0.3 is 10.1 Å². The third-order valence-corrected chi connectivity index (χ3v) is 3.36. The van der Waals surface area contributed by atoms with Crippen molar-refractivity contribution >= 4 is 16.5 Å². The molecular formula is C12H14N2OS. The van der Waals surface area contributed by atoms with E-state index in [1.165, 1.54) is 4.88 Å². The second-order valence-electron chi connectivity index (χ2n) is 3.37. The van der Waals surface area contributed by atoms with Gasteiger partial charge in [0.1, 0.15) is 5.75 Å². The average Bonchev–Trinajstić information content (AvgIpc) is 2.70. The second kappa shape index (κ2) is 4.53. The van der Waals surface area contributed by atoms with E-state index in [1.807, 2.05) is 31.3 Å². The Bertz CT molecular complexity index is 494. The van der Waals surface area contributed by atoms with Gasteiger partial charge >= 0.3 is 0 Å². The molecule has 1 aromatic carbocycles. The summed E-state index contributed by atoms with van der Waals surface area (Å²) in [6, 6.07) is 7.94. The number of hydrogen-bond acceptors (Lipinski definition) is 4. The summed E-state index contributed by atoms with van der Waals surface area (Å²) in [6.07, 6.45) is 0. The Morgan fingerprint density at radius 2 is 2.06 bits per heavy atom. The summed E-state index contributed by atoms with van der Waals surface area (Å²) in [5.74, 6) is 0.860. The normalized spacial score (nSPS) is 10.2. The van der Waals surface area contributed by atoms with Crippen LogP contribution in [0.4, 0.5) is 5.13 Å². The van der Waals surface area contributed by atoms with E-state index in [2.05, 4.69) is 17.2 Å². The molecule has 4 heteroatoms. The average molecular weight is 234 g/mol. The van der Waals surface area contributed by atoms with Gasteiger partial charge in [-0.1, -0.05) is 12.1 Å². The minimum atomic E-state index is 0.860. The van der Waals surface area contributed by atoms with E-state index in [9.17, 15) is 0 Å². The summed E-state index contributed by atoms with van der Waals surface area (Å²) >= 11 is 1.65. The Labute approximate surface area is 99.1 Å². The number of anilines is 1. The van der Waals surface area contributed by atoms with Crippen LogP contribution in [0, 0.1) is 6.92 Å². The number of rotatable bonds is 3. The van der Waals surface area contributed by atoms with E-state index in [4.69, 9.17) is 4.74 Å². The second-order valence-corrected chi connectivity index (χ2v) is 4.58. The summed E-state index contributed by atoms with van der Waals surface area (Å²) in [5.41, 5.74) is 2.03. The molecule has 0 saturated heterocycles. The molecule has 16 heavy (non-hydrogen) atoms. The summed E-state index contributed by atoms with van der Waals surface area (Å²) < 4.78 is 5.34. The van der Waals surface area contributed by atoms with Crippen LogP contribution < -0.4 is 10.1 Å². The maximum atomic E-state index is 5.34. The van der Waals surface area contributed by atoms with Crippen LogP contribution in [0.3, 0.4) is 0 Å². The number of hydrogen-bond donors (Lipinski definition) is 1. The van der Waals surface area contributed by atoms with Gasteiger partial charge in [0, 0.05) is 17.5 Å². The van der Waals surface area contributed by atoms with Crippen molar-refractivity contribution in [3.63, 3.8) is 0 Å². The molecule has 0 unspecified atom stereocenters. The molecule has 3 nitrogen and oxygen atoms in total. The summed E-state index contributed by atoms with van der Waals surface area (Å²) in [4.78, 5) is 5.72. The molecule has 0 atom stereocenters. The van der Waals surface area contributed by atoms with Gasteiger partial charge in [0.2, 0.25) is 0 Å². The Hall–Kier alpha value is -1.55. The molecule has 0 amide bonds. The number of nitrogens with one attached hydrogen (secondary N) is 1. The standard InChI is InChI=1S/C12H14N2OS/c1-8-11(14-12(13-2)16-8)9-6-4-5-7-10(9)15-3/h4-7H,1-3H3,(H,13,14). The molecule has 84 valence electrons. The Morgan fingerprint density at radius 3 is 2.69 bits per heavy atom. The van der Waals surface area contributed by atoms with Gasteiger partial charge in [-0.3, -0.25) is 0 Å². The van der Waals surface area contributed by atoms with Crippen LogP contribution in [0.2, 0.25) is 0 Å². The number of aromatic nitrogens is 1. The highest BCUT2D eigenvalue weighted by Crippen LogP contribution is 2.35. The van der Waals surface area contributed by atoms with E-state index in [0.717, 1.165) is 22.1 Å². The molecular weight excluding hydrogens is 220 g/mol. The third kappa shape index (κ3) is 1.88. The van der Waals surface area contributed by atoms with Gasteiger partial charge in [0.25, 0.3) is 0 Å². The monoisotopic (exact) mass is 234 g/mol. The fraction of sp³-hybridized carbons (Fsp3) is 0.250. The van der Waals surface area contributed by atoms with Crippen molar-refractivity contribution in [2.24, 2.45) is 0 Å². The van der Waals surface area contributed by atoms with Crippen molar-refractivity contribution in [1.29, 1.82) is 0 Å². The largest absolute Gasteiger partial charge is 0.496 e. The van der Waals surface area contributed by atoms with Gasteiger partial charge in [0.05, 0.1) is 12.8 Å². The fourth-order valence-corrected chi connectivity index (χ4v) is 2.37. The Kier molecular flexibility index (Phi) is 3.10.